The zero-order valence-electron chi connectivity index (χ0n) is 11.9. The summed E-state index contributed by atoms with van der Waals surface area (Å²) in [5.41, 5.74) is 2.54. The van der Waals surface area contributed by atoms with Gasteiger partial charge >= 0.3 is 5.97 Å². The molecule has 3 atom stereocenters. The van der Waals surface area contributed by atoms with Gasteiger partial charge in [-0.2, -0.15) is 0 Å². The van der Waals surface area contributed by atoms with Crippen molar-refractivity contribution < 1.29 is 9.90 Å². The van der Waals surface area contributed by atoms with Gasteiger partial charge in [0, 0.05) is 6.04 Å². The van der Waals surface area contributed by atoms with Crippen LogP contribution in [0.1, 0.15) is 37.4 Å². The van der Waals surface area contributed by atoms with E-state index in [1.165, 1.54) is 11.1 Å². The quantitative estimate of drug-likeness (QED) is 0.828. The highest BCUT2D eigenvalue weighted by Gasteiger charge is 2.47. The van der Waals surface area contributed by atoms with Crippen molar-refractivity contribution in [3.8, 4) is 0 Å². The van der Waals surface area contributed by atoms with Crippen LogP contribution in [0.25, 0.3) is 0 Å². The van der Waals surface area contributed by atoms with Crippen LogP contribution < -0.4 is 5.32 Å². The average molecular weight is 261 g/mol. The van der Waals surface area contributed by atoms with Gasteiger partial charge in [-0.15, -0.1) is 0 Å². The Kier molecular flexibility index (Phi) is 4.25. The van der Waals surface area contributed by atoms with E-state index in [1.807, 2.05) is 7.05 Å². The second-order valence-corrected chi connectivity index (χ2v) is 5.95. The minimum atomic E-state index is -0.665. The molecule has 1 fully saturated rings. The lowest BCUT2D eigenvalue weighted by molar-refractivity contribution is -0.138. The van der Waals surface area contributed by atoms with Crippen molar-refractivity contribution in [3.63, 3.8) is 0 Å². The summed E-state index contributed by atoms with van der Waals surface area (Å²) in [4.78, 5) is 11.0. The van der Waals surface area contributed by atoms with E-state index in [0.29, 0.717) is 5.92 Å². The largest absolute Gasteiger partial charge is 0.481 e. The van der Waals surface area contributed by atoms with E-state index < -0.39 is 5.97 Å². The molecular formula is C16H23NO2. The topological polar surface area (TPSA) is 49.3 Å². The first kappa shape index (κ1) is 14.1. The summed E-state index contributed by atoms with van der Waals surface area (Å²) in [7, 11) is 1.91. The molecule has 1 aromatic carbocycles. The smallest absolute Gasteiger partial charge is 0.306 e. The number of carboxylic acids is 1. The molecule has 3 unspecified atom stereocenters. The van der Waals surface area contributed by atoms with Gasteiger partial charge in [0.2, 0.25) is 0 Å². The Morgan fingerprint density at radius 1 is 1.37 bits per heavy atom. The summed E-state index contributed by atoms with van der Waals surface area (Å²) < 4.78 is 0. The van der Waals surface area contributed by atoms with Gasteiger partial charge in [0.15, 0.2) is 0 Å². The number of rotatable bonds is 6. The maximum Gasteiger partial charge on any atom is 0.306 e. The third-order valence-electron chi connectivity index (χ3n) is 3.88. The molecule has 0 saturated heterocycles. The van der Waals surface area contributed by atoms with Crippen LogP contribution in [0.5, 0.6) is 0 Å². The third-order valence-corrected chi connectivity index (χ3v) is 3.88. The number of carboxylic acid groups (broad SMARTS) is 1. The Bertz CT molecular complexity index is 439. The number of benzene rings is 1. The molecule has 2 N–H and O–H groups in total. The first-order valence-corrected chi connectivity index (χ1v) is 7.01. The SMILES string of the molecule is CNC(c1ccc(CC(C)C)cc1)C1CC1C(=O)O. The Morgan fingerprint density at radius 3 is 2.42 bits per heavy atom. The van der Waals surface area contributed by atoms with E-state index in [0.717, 1.165) is 12.8 Å². The van der Waals surface area contributed by atoms with E-state index in [1.54, 1.807) is 0 Å². The number of hydrogen-bond acceptors (Lipinski definition) is 2. The van der Waals surface area contributed by atoms with Crippen molar-refractivity contribution in [1.82, 2.24) is 5.32 Å². The standard InChI is InChI=1S/C16H23NO2/c1-10(2)8-11-4-6-12(7-5-11)15(17-3)13-9-14(13)16(18)19/h4-7,10,13-15,17H,8-9H2,1-3H3,(H,18,19). The van der Waals surface area contributed by atoms with Crippen molar-refractivity contribution in [2.45, 2.75) is 32.7 Å². The zero-order valence-corrected chi connectivity index (χ0v) is 11.9. The first-order valence-electron chi connectivity index (χ1n) is 7.01. The fourth-order valence-corrected chi connectivity index (χ4v) is 2.83. The predicted molar refractivity (Wildman–Crippen MR) is 76.0 cm³/mol. The van der Waals surface area contributed by atoms with Gasteiger partial charge in [-0.05, 0) is 42.9 Å². The van der Waals surface area contributed by atoms with Gasteiger partial charge in [0.05, 0.1) is 5.92 Å². The molecule has 1 aliphatic carbocycles. The normalized spacial score (nSPS) is 23.4. The molecule has 0 aromatic heterocycles. The van der Waals surface area contributed by atoms with Gasteiger partial charge in [0.1, 0.15) is 0 Å². The van der Waals surface area contributed by atoms with Crippen molar-refractivity contribution in [3.05, 3.63) is 35.4 Å². The molecule has 0 spiro atoms. The van der Waals surface area contributed by atoms with Crippen molar-refractivity contribution in [1.29, 1.82) is 0 Å². The van der Waals surface area contributed by atoms with E-state index in [4.69, 9.17) is 5.11 Å². The lowest BCUT2D eigenvalue weighted by Crippen LogP contribution is -2.20. The summed E-state index contributed by atoms with van der Waals surface area (Å²) in [6, 6.07) is 8.76. The van der Waals surface area contributed by atoms with E-state index in [-0.39, 0.29) is 17.9 Å². The zero-order chi connectivity index (χ0) is 14.0. The predicted octanol–water partition coefficient (Wildman–Crippen LogP) is 2.87. The summed E-state index contributed by atoms with van der Waals surface area (Å²) >= 11 is 0. The second kappa shape index (κ2) is 5.74. The van der Waals surface area contributed by atoms with Crippen LogP contribution in [0, 0.1) is 17.8 Å². The van der Waals surface area contributed by atoms with Crippen molar-refractivity contribution >= 4 is 5.97 Å². The van der Waals surface area contributed by atoms with Crippen molar-refractivity contribution in [2.24, 2.45) is 17.8 Å². The molecule has 3 heteroatoms. The molecule has 0 bridgehead atoms. The van der Waals surface area contributed by atoms with Crippen LogP contribution in [0.4, 0.5) is 0 Å². The molecule has 0 heterocycles. The molecular weight excluding hydrogens is 238 g/mol. The van der Waals surface area contributed by atoms with Gasteiger partial charge in [-0.1, -0.05) is 38.1 Å². The van der Waals surface area contributed by atoms with Gasteiger partial charge in [-0.25, -0.2) is 0 Å². The summed E-state index contributed by atoms with van der Waals surface area (Å²) in [6.45, 7) is 4.43. The molecule has 2 rings (SSSR count). The average Bonchev–Trinajstić information content (AvgIpc) is 3.12. The molecule has 1 aromatic rings. The summed E-state index contributed by atoms with van der Waals surface area (Å²) in [5, 5.41) is 12.3. The molecule has 0 radical (unpaired) electrons. The number of hydrogen-bond donors (Lipinski definition) is 2. The van der Waals surface area contributed by atoms with Gasteiger partial charge in [-0.3, -0.25) is 4.79 Å². The molecule has 19 heavy (non-hydrogen) atoms. The molecule has 0 amide bonds. The summed E-state index contributed by atoms with van der Waals surface area (Å²) in [5.74, 6) is 0.0543. The van der Waals surface area contributed by atoms with Gasteiger partial charge in [0.25, 0.3) is 0 Å². The Hall–Kier alpha value is -1.35. The highest BCUT2D eigenvalue weighted by molar-refractivity contribution is 5.73. The fraction of sp³-hybridized carbons (Fsp3) is 0.562. The molecule has 1 saturated carbocycles. The number of nitrogens with one attached hydrogen (secondary N) is 1. The molecule has 1 aliphatic rings. The Morgan fingerprint density at radius 2 is 2.00 bits per heavy atom. The highest BCUT2D eigenvalue weighted by Crippen LogP contribution is 2.47. The van der Waals surface area contributed by atoms with E-state index in [9.17, 15) is 4.79 Å². The fourth-order valence-electron chi connectivity index (χ4n) is 2.83. The lowest BCUT2D eigenvalue weighted by atomic mass is 9.97. The van der Waals surface area contributed by atoms with Crippen LogP contribution in [0.3, 0.4) is 0 Å². The highest BCUT2D eigenvalue weighted by atomic mass is 16.4. The number of carbonyl (C=O) groups is 1. The lowest BCUT2D eigenvalue weighted by Gasteiger charge is -2.17. The number of aliphatic carboxylic acids is 1. The first-order chi connectivity index (χ1) is 9.02. The minimum absolute atomic E-state index is 0.161. The molecule has 104 valence electrons. The van der Waals surface area contributed by atoms with Crippen LogP contribution in [-0.2, 0) is 11.2 Å². The van der Waals surface area contributed by atoms with Crippen LogP contribution in [0.2, 0.25) is 0 Å². The van der Waals surface area contributed by atoms with E-state index >= 15 is 0 Å². The maximum absolute atomic E-state index is 11.0. The Labute approximate surface area is 115 Å². The van der Waals surface area contributed by atoms with Crippen LogP contribution >= 0.6 is 0 Å². The third kappa shape index (κ3) is 3.35. The minimum Gasteiger partial charge on any atom is -0.481 e. The van der Waals surface area contributed by atoms with E-state index in [2.05, 4.69) is 43.4 Å². The summed E-state index contributed by atoms with van der Waals surface area (Å²) in [6.07, 6.45) is 1.88. The van der Waals surface area contributed by atoms with Gasteiger partial charge < -0.3 is 10.4 Å². The Balaban J connectivity index is 2.05. The molecule has 0 aliphatic heterocycles. The second-order valence-electron chi connectivity index (χ2n) is 5.95. The molecule has 3 nitrogen and oxygen atoms in total. The monoisotopic (exact) mass is 261 g/mol. The maximum atomic E-state index is 11.0. The van der Waals surface area contributed by atoms with Crippen LogP contribution in [0.15, 0.2) is 24.3 Å². The van der Waals surface area contributed by atoms with Crippen molar-refractivity contribution in [2.75, 3.05) is 7.05 Å². The van der Waals surface area contributed by atoms with Crippen LogP contribution in [-0.4, -0.2) is 18.1 Å².